The molecule has 1 amide bonds. The Kier molecular flexibility index (Phi) is 7.49. The zero-order chi connectivity index (χ0) is 26.8. The molecule has 0 bridgehead atoms. The van der Waals surface area contributed by atoms with Crippen LogP contribution in [0.25, 0.3) is 0 Å². The highest BCUT2D eigenvalue weighted by atomic mass is 16.6. The third-order valence-electron chi connectivity index (χ3n) is 8.60. The molecular weight excluding hydrogens is 496 g/mol. The minimum absolute atomic E-state index is 0.130. The number of amides is 1. The number of hydrogen-bond donors (Lipinski definition) is 1. The van der Waals surface area contributed by atoms with Crippen molar-refractivity contribution in [3.05, 3.63) is 71.8 Å². The highest BCUT2D eigenvalue weighted by Crippen LogP contribution is 2.46. The van der Waals surface area contributed by atoms with Crippen LogP contribution in [0.3, 0.4) is 0 Å². The highest BCUT2D eigenvalue weighted by Gasteiger charge is 2.60. The van der Waals surface area contributed by atoms with E-state index in [1.165, 1.54) is 0 Å². The monoisotopic (exact) mass is 532 g/mol. The number of esters is 1. The normalized spacial score (nSPS) is 26.2. The molecule has 0 saturated carbocycles. The second kappa shape index (κ2) is 11.2. The minimum atomic E-state index is -1.17. The number of carbonyl (C=O) groups excluding carboxylic acids is 3. The van der Waals surface area contributed by atoms with Gasteiger partial charge < -0.3 is 19.7 Å². The van der Waals surface area contributed by atoms with Crippen LogP contribution in [0.1, 0.15) is 24.0 Å². The smallest absolute Gasteiger partial charge is 0.327 e. The molecule has 4 aliphatic rings. The van der Waals surface area contributed by atoms with Crippen LogP contribution >= 0.6 is 0 Å². The number of morpholine rings is 1. The number of ether oxygens (including phenoxy) is 2. The number of ketones is 1. The van der Waals surface area contributed by atoms with Crippen molar-refractivity contribution in [3.8, 4) is 0 Å². The third kappa shape index (κ3) is 4.89. The van der Waals surface area contributed by atoms with Crippen LogP contribution in [-0.2, 0) is 29.6 Å². The topological polar surface area (TPSA) is 91.4 Å². The lowest BCUT2D eigenvalue weighted by molar-refractivity contribution is -0.154. The Balaban J connectivity index is 1.22. The van der Waals surface area contributed by atoms with Gasteiger partial charge in [-0.15, -0.1) is 0 Å². The van der Waals surface area contributed by atoms with Gasteiger partial charge in [-0.1, -0.05) is 60.7 Å². The van der Waals surface area contributed by atoms with Crippen molar-refractivity contribution >= 4 is 17.7 Å². The van der Waals surface area contributed by atoms with E-state index in [1.54, 1.807) is 0 Å². The van der Waals surface area contributed by atoms with Gasteiger partial charge >= 0.3 is 5.97 Å². The van der Waals surface area contributed by atoms with E-state index in [0.29, 0.717) is 71.9 Å². The summed E-state index contributed by atoms with van der Waals surface area (Å²) in [5, 5.41) is 3.33. The van der Waals surface area contributed by atoms with Gasteiger partial charge in [-0.3, -0.25) is 19.3 Å². The maximum absolute atomic E-state index is 14.2. The number of Topliss-reactive ketones (excluding diaryl/α,β-unsaturated/α-hetero) is 1. The molecule has 0 aliphatic carbocycles. The van der Waals surface area contributed by atoms with Crippen LogP contribution in [0, 0.1) is 5.92 Å². The van der Waals surface area contributed by atoms with E-state index < -0.39 is 17.8 Å². The van der Waals surface area contributed by atoms with Gasteiger partial charge in [0.25, 0.3) is 0 Å². The van der Waals surface area contributed by atoms with Crippen molar-refractivity contribution < 1.29 is 23.9 Å². The van der Waals surface area contributed by atoms with Crippen LogP contribution in [0.4, 0.5) is 0 Å². The summed E-state index contributed by atoms with van der Waals surface area (Å²) in [4.78, 5) is 46.3. The summed E-state index contributed by atoms with van der Waals surface area (Å²) in [7, 11) is 0. The molecule has 2 atom stereocenters. The number of piperazine rings is 1. The van der Waals surface area contributed by atoms with Gasteiger partial charge in [0, 0.05) is 43.2 Å². The van der Waals surface area contributed by atoms with Gasteiger partial charge in [0.15, 0.2) is 5.78 Å². The van der Waals surface area contributed by atoms with Gasteiger partial charge in [0.05, 0.1) is 25.8 Å². The summed E-state index contributed by atoms with van der Waals surface area (Å²) in [6, 6.07) is 18.4. The molecule has 0 aromatic heterocycles. The molecule has 4 fully saturated rings. The zero-order valence-electron chi connectivity index (χ0n) is 22.2. The van der Waals surface area contributed by atoms with E-state index in [0.717, 1.165) is 11.1 Å². The molecule has 4 aliphatic heterocycles. The summed E-state index contributed by atoms with van der Waals surface area (Å²) >= 11 is 0. The molecule has 4 saturated heterocycles. The minimum Gasteiger partial charge on any atom is -0.434 e. The van der Waals surface area contributed by atoms with Crippen molar-refractivity contribution in [1.29, 1.82) is 0 Å². The van der Waals surface area contributed by atoms with E-state index in [1.807, 2.05) is 70.5 Å². The van der Waals surface area contributed by atoms with Gasteiger partial charge in [-0.25, -0.2) is 4.90 Å². The summed E-state index contributed by atoms with van der Waals surface area (Å²) in [5.41, 5.74) is 0.504. The van der Waals surface area contributed by atoms with Gasteiger partial charge in [-0.2, -0.15) is 0 Å². The molecule has 2 aromatic rings. The van der Waals surface area contributed by atoms with E-state index in [2.05, 4.69) is 10.2 Å². The Morgan fingerprint density at radius 1 is 0.872 bits per heavy atom. The quantitative estimate of drug-likeness (QED) is 0.556. The summed E-state index contributed by atoms with van der Waals surface area (Å²) in [6.45, 7) is 5.16. The van der Waals surface area contributed by atoms with Crippen molar-refractivity contribution in [3.63, 3.8) is 0 Å². The number of piperidine rings is 1. The molecular formula is C30H36N4O5. The van der Waals surface area contributed by atoms with Crippen LogP contribution in [-0.4, -0.2) is 103 Å². The Morgan fingerprint density at radius 3 is 2.10 bits per heavy atom. The Morgan fingerprint density at radius 2 is 1.49 bits per heavy atom. The molecule has 0 radical (unpaired) electrons. The molecule has 4 heterocycles. The van der Waals surface area contributed by atoms with Gasteiger partial charge in [0.2, 0.25) is 11.6 Å². The standard InChI is InChI=1S/C30H36N4O5/c35-27(33-15-17-38-18-16-33)21-32-13-11-22(12-14-32)28(36)25-19-31-20-26-29(37)39-30(34(25)26,23-7-3-1-4-8-23)24-9-5-2-6-10-24/h1-10,22,25-26,31H,11-21H2. The number of nitrogens with one attached hydrogen (secondary N) is 1. The SMILES string of the molecule is O=C1OC(c2ccccc2)(c2ccccc2)N2C1CNCC2C(=O)C1CCN(CC(=O)N2CCOCC2)CC1. The number of rotatable bonds is 6. The molecule has 206 valence electrons. The third-order valence-corrected chi connectivity index (χ3v) is 8.60. The van der Waals surface area contributed by atoms with Gasteiger partial charge in [-0.05, 0) is 25.9 Å². The highest BCUT2D eigenvalue weighted by molar-refractivity contribution is 5.89. The van der Waals surface area contributed by atoms with Crippen LogP contribution < -0.4 is 5.32 Å². The van der Waals surface area contributed by atoms with E-state index in [4.69, 9.17) is 9.47 Å². The first-order valence-electron chi connectivity index (χ1n) is 14.0. The average Bonchev–Trinajstić information content (AvgIpc) is 3.32. The molecule has 2 unspecified atom stereocenters. The summed E-state index contributed by atoms with van der Waals surface area (Å²) in [6.07, 6.45) is 1.39. The zero-order valence-corrected chi connectivity index (χ0v) is 22.2. The number of likely N-dealkylation sites (tertiary alicyclic amines) is 1. The Labute approximate surface area is 229 Å². The lowest BCUT2D eigenvalue weighted by atomic mass is 9.84. The van der Waals surface area contributed by atoms with Crippen molar-refractivity contribution in [1.82, 2.24) is 20.0 Å². The van der Waals surface area contributed by atoms with Crippen LogP contribution in [0.15, 0.2) is 60.7 Å². The summed E-state index contributed by atoms with van der Waals surface area (Å²) < 4.78 is 11.7. The van der Waals surface area contributed by atoms with E-state index >= 15 is 0 Å². The molecule has 0 spiro atoms. The molecule has 39 heavy (non-hydrogen) atoms. The number of benzene rings is 2. The molecule has 9 nitrogen and oxygen atoms in total. The first-order chi connectivity index (χ1) is 19.1. The first-order valence-corrected chi connectivity index (χ1v) is 14.0. The number of carbonyl (C=O) groups is 3. The second-order valence-electron chi connectivity index (χ2n) is 10.8. The second-order valence-corrected chi connectivity index (χ2v) is 10.8. The fraction of sp³-hybridized carbons (Fsp3) is 0.500. The number of cyclic esters (lactones) is 1. The lowest BCUT2D eigenvalue weighted by Crippen LogP contribution is -2.65. The number of hydrogen-bond acceptors (Lipinski definition) is 8. The largest absolute Gasteiger partial charge is 0.434 e. The average molecular weight is 533 g/mol. The van der Waals surface area contributed by atoms with Crippen molar-refractivity contribution in [2.24, 2.45) is 5.92 Å². The lowest BCUT2D eigenvalue weighted by Gasteiger charge is -2.46. The molecule has 2 aromatic carbocycles. The fourth-order valence-corrected chi connectivity index (χ4v) is 6.57. The molecule has 9 heteroatoms. The fourth-order valence-electron chi connectivity index (χ4n) is 6.57. The first kappa shape index (κ1) is 26.1. The van der Waals surface area contributed by atoms with Crippen LogP contribution in [0.5, 0.6) is 0 Å². The van der Waals surface area contributed by atoms with Crippen molar-refractivity contribution in [2.75, 3.05) is 59.0 Å². The van der Waals surface area contributed by atoms with Gasteiger partial charge in [0.1, 0.15) is 6.04 Å². The Bertz CT molecular complexity index is 1140. The number of nitrogens with zero attached hydrogens (tertiary/aromatic N) is 3. The summed E-state index contributed by atoms with van der Waals surface area (Å²) in [5.74, 6) is -0.180. The van der Waals surface area contributed by atoms with E-state index in [-0.39, 0.29) is 23.6 Å². The predicted octanol–water partition coefficient (Wildman–Crippen LogP) is 1.23. The Hall–Kier alpha value is -3.11. The van der Waals surface area contributed by atoms with Crippen molar-refractivity contribution in [2.45, 2.75) is 30.7 Å². The van der Waals surface area contributed by atoms with E-state index in [9.17, 15) is 14.4 Å². The maximum atomic E-state index is 14.2. The molecule has 1 N–H and O–H groups in total. The predicted molar refractivity (Wildman–Crippen MR) is 144 cm³/mol. The number of fused-ring (bicyclic) bond motifs is 1. The molecule has 6 rings (SSSR count). The maximum Gasteiger partial charge on any atom is 0.327 e. The van der Waals surface area contributed by atoms with Crippen LogP contribution in [0.2, 0.25) is 0 Å².